The molecular weight excluding hydrogens is 258 g/mol. The predicted octanol–water partition coefficient (Wildman–Crippen LogP) is 1.68. The molecule has 1 heterocycles. The van der Waals surface area contributed by atoms with E-state index in [2.05, 4.69) is 5.43 Å². The second-order valence-electron chi connectivity index (χ2n) is 5.56. The quantitative estimate of drug-likeness (QED) is 0.680. The summed E-state index contributed by atoms with van der Waals surface area (Å²) in [5, 5.41) is 10.9. The first kappa shape index (κ1) is 14.4. The number of benzene rings is 1. The number of hydrazine groups is 1. The van der Waals surface area contributed by atoms with Gasteiger partial charge in [0.15, 0.2) is 0 Å². The molecule has 1 amide bonds. The van der Waals surface area contributed by atoms with Gasteiger partial charge in [-0.1, -0.05) is 12.1 Å². The van der Waals surface area contributed by atoms with Crippen molar-refractivity contribution < 1.29 is 14.6 Å². The minimum absolute atomic E-state index is 0.534. The van der Waals surface area contributed by atoms with E-state index in [9.17, 15) is 9.90 Å². The maximum Gasteiger partial charge on any atom is 0.429 e. The number of amides is 1. The maximum atomic E-state index is 12.1. The molecule has 0 aromatic heterocycles. The number of carbonyl (C=O) groups excluding carboxylic acids is 1. The van der Waals surface area contributed by atoms with Crippen LogP contribution in [0.15, 0.2) is 30.3 Å². The van der Waals surface area contributed by atoms with Crippen LogP contribution < -0.4 is 11.2 Å². The van der Waals surface area contributed by atoms with Crippen molar-refractivity contribution in [3.8, 4) is 0 Å². The Labute approximate surface area is 117 Å². The fraction of sp³-hybridized carbons (Fsp3) is 0.357. The van der Waals surface area contributed by atoms with Gasteiger partial charge in [0.05, 0.1) is 5.70 Å². The summed E-state index contributed by atoms with van der Waals surface area (Å²) in [7, 11) is 0. The highest BCUT2D eigenvalue weighted by Crippen LogP contribution is 2.25. The van der Waals surface area contributed by atoms with Crippen molar-refractivity contribution in [3.63, 3.8) is 0 Å². The van der Waals surface area contributed by atoms with Crippen LogP contribution in [0, 0.1) is 0 Å². The molecule has 1 aromatic rings. The highest BCUT2D eigenvalue weighted by Gasteiger charge is 2.31. The van der Waals surface area contributed by atoms with Crippen LogP contribution in [-0.2, 0) is 4.74 Å². The lowest BCUT2D eigenvalue weighted by Crippen LogP contribution is -2.43. The first-order valence-corrected chi connectivity index (χ1v) is 6.31. The first-order chi connectivity index (χ1) is 9.26. The van der Waals surface area contributed by atoms with E-state index in [0.717, 1.165) is 5.56 Å². The Morgan fingerprint density at radius 2 is 1.95 bits per heavy atom. The molecule has 20 heavy (non-hydrogen) atoms. The number of anilines is 1. The third-order valence-corrected chi connectivity index (χ3v) is 2.60. The normalized spacial score (nSPS) is 18.9. The molecule has 0 saturated carbocycles. The minimum Gasteiger partial charge on any atom is -0.442 e. The van der Waals surface area contributed by atoms with Crippen LogP contribution in [0.1, 0.15) is 26.3 Å². The standard InChI is InChI=1S/C14H19N3O3/c1-14(2,3)20-13(19)17-11(8-12(18)16-17)9-4-6-10(15)7-5-9/h4-8,12,16,18H,15H2,1-3H3. The number of hydrogen-bond donors (Lipinski definition) is 3. The van der Waals surface area contributed by atoms with Gasteiger partial charge >= 0.3 is 6.09 Å². The van der Waals surface area contributed by atoms with Crippen LogP contribution >= 0.6 is 0 Å². The van der Waals surface area contributed by atoms with Gasteiger partial charge in [-0.2, -0.15) is 5.43 Å². The Bertz CT molecular complexity index is 532. The number of carbonyl (C=O) groups is 1. The van der Waals surface area contributed by atoms with Crippen molar-refractivity contribution >= 4 is 17.5 Å². The molecule has 1 aliphatic rings. The Morgan fingerprint density at radius 1 is 1.35 bits per heavy atom. The molecule has 108 valence electrons. The van der Waals surface area contributed by atoms with E-state index in [-0.39, 0.29) is 0 Å². The summed E-state index contributed by atoms with van der Waals surface area (Å²) in [5.41, 5.74) is 9.58. The Kier molecular flexibility index (Phi) is 3.69. The lowest BCUT2D eigenvalue weighted by Gasteiger charge is -2.26. The van der Waals surface area contributed by atoms with Gasteiger partial charge in [-0.15, -0.1) is 0 Å². The van der Waals surface area contributed by atoms with E-state index in [1.54, 1.807) is 45.0 Å². The second kappa shape index (κ2) is 5.15. The largest absolute Gasteiger partial charge is 0.442 e. The van der Waals surface area contributed by atoms with Crippen molar-refractivity contribution in [1.29, 1.82) is 0 Å². The van der Waals surface area contributed by atoms with Gasteiger partial charge in [-0.25, -0.2) is 9.80 Å². The summed E-state index contributed by atoms with van der Waals surface area (Å²) in [5.74, 6) is 0. The van der Waals surface area contributed by atoms with Crippen LogP contribution in [-0.4, -0.2) is 28.0 Å². The molecule has 6 nitrogen and oxygen atoms in total. The van der Waals surface area contributed by atoms with Gasteiger partial charge in [0, 0.05) is 5.69 Å². The first-order valence-electron chi connectivity index (χ1n) is 6.31. The van der Waals surface area contributed by atoms with Gasteiger partial charge in [0.25, 0.3) is 0 Å². The number of rotatable bonds is 1. The van der Waals surface area contributed by atoms with Crippen molar-refractivity contribution in [3.05, 3.63) is 35.9 Å². The highest BCUT2D eigenvalue weighted by molar-refractivity contribution is 5.83. The van der Waals surface area contributed by atoms with E-state index < -0.39 is 17.9 Å². The number of nitrogen functional groups attached to an aromatic ring is 1. The smallest absolute Gasteiger partial charge is 0.429 e. The third kappa shape index (κ3) is 3.28. The summed E-state index contributed by atoms with van der Waals surface area (Å²) < 4.78 is 5.29. The van der Waals surface area contributed by atoms with Gasteiger partial charge < -0.3 is 15.6 Å². The topological polar surface area (TPSA) is 87.8 Å². The molecular formula is C14H19N3O3. The monoisotopic (exact) mass is 277 g/mol. The molecule has 0 spiro atoms. The van der Waals surface area contributed by atoms with Crippen molar-refractivity contribution in [2.45, 2.75) is 32.6 Å². The van der Waals surface area contributed by atoms with E-state index in [4.69, 9.17) is 10.5 Å². The maximum absolute atomic E-state index is 12.1. The summed E-state index contributed by atoms with van der Waals surface area (Å²) in [6, 6.07) is 7.01. The Morgan fingerprint density at radius 3 is 2.50 bits per heavy atom. The fourth-order valence-corrected chi connectivity index (χ4v) is 1.80. The van der Waals surface area contributed by atoms with Gasteiger partial charge in [0.1, 0.15) is 11.8 Å². The Balaban J connectivity index is 2.24. The van der Waals surface area contributed by atoms with Crippen molar-refractivity contribution in [1.82, 2.24) is 10.4 Å². The average molecular weight is 277 g/mol. The number of nitrogens with one attached hydrogen (secondary N) is 1. The van der Waals surface area contributed by atoms with Crippen molar-refractivity contribution in [2.75, 3.05) is 5.73 Å². The van der Waals surface area contributed by atoms with E-state index in [0.29, 0.717) is 11.4 Å². The molecule has 1 aromatic carbocycles. The average Bonchev–Trinajstić information content (AvgIpc) is 2.70. The zero-order chi connectivity index (χ0) is 14.9. The molecule has 4 N–H and O–H groups in total. The molecule has 1 unspecified atom stereocenters. The number of nitrogens with two attached hydrogens (primary N) is 1. The molecule has 0 radical (unpaired) electrons. The lowest BCUT2D eigenvalue weighted by molar-refractivity contribution is 0.0190. The zero-order valence-electron chi connectivity index (χ0n) is 11.8. The summed E-state index contributed by atoms with van der Waals surface area (Å²) in [6.45, 7) is 5.35. The molecule has 2 rings (SSSR count). The van der Waals surface area contributed by atoms with Crippen LogP contribution in [0.4, 0.5) is 10.5 Å². The third-order valence-electron chi connectivity index (χ3n) is 2.60. The molecule has 0 saturated heterocycles. The minimum atomic E-state index is -0.935. The molecule has 1 atom stereocenters. The SMILES string of the molecule is CC(C)(C)OC(=O)N1NC(O)C=C1c1ccc(N)cc1. The van der Waals surface area contributed by atoms with Crippen LogP contribution in [0.3, 0.4) is 0 Å². The fourth-order valence-electron chi connectivity index (χ4n) is 1.80. The van der Waals surface area contributed by atoms with Gasteiger partial charge in [0.2, 0.25) is 0 Å². The van der Waals surface area contributed by atoms with E-state index in [1.165, 1.54) is 11.1 Å². The van der Waals surface area contributed by atoms with Crippen LogP contribution in [0.5, 0.6) is 0 Å². The lowest BCUT2D eigenvalue weighted by atomic mass is 10.1. The van der Waals surface area contributed by atoms with Crippen molar-refractivity contribution in [2.24, 2.45) is 0 Å². The van der Waals surface area contributed by atoms with Gasteiger partial charge in [-0.05, 0) is 44.5 Å². The number of ether oxygens (including phenoxy) is 1. The van der Waals surface area contributed by atoms with E-state index >= 15 is 0 Å². The van der Waals surface area contributed by atoms with Gasteiger partial charge in [-0.3, -0.25) is 0 Å². The van der Waals surface area contributed by atoms with Crippen LogP contribution in [0.25, 0.3) is 5.70 Å². The highest BCUT2D eigenvalue weighted by atomic mass is 16.6. The number of hydrogen-bond acceptors (Lipinski definition) is 5. The number of nitrogens with zero attached hydrogens (tertiary/aromatic N) is 1. The summed E-state index contributed by atoms with van der Waals surface area (Å²) in [4.78, 5) is 12.1. The van der Waals surface area contributed by atoms with E-state index in [1.807, 2.05) is 0 Å². The zero-order valence-corrected chi connectivity index (χ0v) is 11.8. The molecule has 1 aliphatic heterocycles. The Hall–Kier alpha value is -2.05. The van der Waals surface area contributed by atoms with Crippen LogP contribution in [0.2, 0.25) is 0 Å². The number of aliphatic hydroxyl groups excluding tert-OH is 1. The number of aliphatic hydroxyl groups is 1. The molecule has 6 heteroatoms. The second-order valence-corrected chi connectivity index (χ2v) is 5.56. The summed E-state index contributed by atoms with van der Waals surface area (Å²) >= 11 is 0. The summed E-state index contributed by atoms with van der Waals surface area (Å²) in [6.07, 6.45) is 0.0299. The molecule has 0 bridgehead atoms. The predicted molar refractivity (Wildman–Crippen MR) is 76.0 cm³/mol. The molecule has 0 aliphatic carbocycles. The molecule has 0 fully saturated rings.